The second kappa shape index (κ2) is 7.06. The van der Waals surface area contributed by atoms with E-state index < -0.39 is 14.6 Å². The zero-order chi connectivity index (χ0) is 17.9. The molecular weight excluding hydrogens is 465 g/mol. The minimum atomic E-state index is -3.04. The van der Waals surface area contributed by atoms with Crippen LogP contribution in [0, 0.1) is 11.3 Å². The molecule has 0 radical (unpaired) electrons. The molecular formula is C18H32IN3O3S. The first-order valence-electron chi connectivity index (χ1n) is 9.63. The van der Waals surface area contributed by atoms with Crippen LogP contribution in [0.15, 0.2) is 4.99 Å². The number of nitrogens with zero attached hydrogens (tertiary/aromatic N) is 2. The lowest BCUT2D eigenvalue weighted by atomic mass is 9.54. The van der Waals surface area contributed by atoms with Gasteiger partial charge in [-0.15, -0.1) is 24.0 Å². The van der Waals surface area contributed by atoms with Gasteiger partial charge in [0, 0.05) is 44.1 Å². The largest absolute Gasteiger partial charge is 0.377 e. The Morgan fingerprint density at radius 2 is 1.96 bits per heavy atom. The highest BCUT2D eigenvalue weighted by molar-refractivity contribution is 14.0. The first-order chi connectivity index (χ1) is 11.8. The molecule has 1 spiro atoms. The fourth-order valence-corrected chi connectivity index (χ4v) is 7.03. The third-order valence-electron chi connectivity index (χ3n) is 7.13. The van der Waals surface area contributed by atoms with Crippen molar-refractivity contribution in [1.29, 1.82) is 0 Å². The maximum Gasteiger partial charge on any atom is 0.193 e. The fourth-order valence-electron chi connectivity index (χ4n) is 5.66. The van der Waals surface area contributed by atoms with Crippen molar-refractivity contribution >= 4 is 39.8 Å². The number of aliphatic imine (C=N–C) groups is 1. The lowest BCUT2D eigenvalue weighted by Gasteiger charge is -2.57. The number of nitrogens with one attached hydrogen (secondary N) is 1. The van der Waals surface area contributed by atoms with Crippen LogP contribution in [0.1, 0.15) is 46.0 Å². The Hall–Kier alpha value is -0.0900. The van der Waals surface area contributed by atoms with E-state index in [4.69, 9.17) is 4.74 Å². The van der Waals surface area contributed by atoms with Crippen LogP contribution in [0.2, 0.25) is 0 Å². The summed E-state index contributed by atoms with van der Waals surface area (Å²) in [5.74, 6) is 1.65. The van der Waals surface area contributed by atoms with Crippen LogP contribution in [0.3, 0.4) is 0 Å². The van der Waals surface area contributed by atoms with Crippen LogP contribution < -0.4 is 5.32 Å². The molecule has 0 amide bonds. The monoisotopic (exact) mass is 497 g/mol. The van der Waals surface area contributed by atoms with Crippen LogP contribution in [-0.4, -0.2) is 68.7 Å². The highest BCUT2D eigenvalue weighted by atomic mass is 127. The van der Waals surface area contributed by atoms with E-state index in [-0.39, 0.29) is 35.1 Å². The van der Waals surface area contributed by atoms with E-state index in [0.29, 0.717) is 31.2 Å². The van der Waals surface area contributed by atoms with Crippen molar-refractivity contribution in [3.63, 3.8) is 0 Å². The summed E-state index contributed by atoms with van der Waals surface area (Å²) in [5.41, 5.74) is 0.272. The zero-order valence-electron chi connectivity index (χ0n) is 16.0. The Kier molecular flexibility index (Phi) is 5.60. The van der Waals surface area contributed by atoms with Crippen molar-refractivity contribution in [3.05, 3.63) is 0 Å². The van der Waals surface area contributed by atoms with Gasteiger partial charge in [0.25, 0.3) is 0 Å². The topological polar surface area (TPSA) is 71.0 Å². The Bertz CT molecular complexity index is 673. The maximum absolute atomic E-state index is 12.3. The van der Waals surface area contributed by atoms with E-state index in [1.165, 1.54) is 25.7 Å². The molecule has 2 aliphatic carbocycles. The summed E-state index contributed by atoms with van der Waals surface area (Å²) in [4.78, 5) is 6.64. The second-order valence-corrected chi connectivity index (χ2v) is 11.6. The van der Waals surface area contributed by atoms with Crippen molar-refractivity contribution in [1.82, 2.24) is 10.2 Å². The first-order valence-corrected chi connectivity index (χ1v) is 11.3. The molecule has 4 rings (SSSR count). The fraction of sp³-hybridized carbons (Fsp3) is 0.944. The summed E-state index contributed by atoms with van der Waals surface area (Å²) in [6.07, 6.45) is 6.60. The van der Waals surface area contributed by atoms with Crippen LogP contribution >= 0.6 is 24.0 Å². The maximum atomic E-state index is 12.3. The van der Waals surface area contributed by atoms with Crippen molar-refractivity contribution < 1.29 is 13.2 Å². The molecule has 6 nitrogen and oxygen atoms in total. The molecule has 26 heavy (non-hydrogen) atoms. The van der Waals surface area contributed by atoms with Crippen LogP contribution in [0.5, 0.6) is 0 Å². The van der Waals surface area contributed by atoms with E-state index in [9.17, 15) is 8.42 Å². The Morgan fingerprint density at radius 3 is 2.58 bits per heavy atom. The summed E-state index contributed by atoms with van der Waals surface area (Å²) in [6.45, 7) is 5.55. The number of rotatable bonds is 1. The molecule has 150 valence electrons. The van der Waals surface area contributed by atoms with E-state index in [1.807, 2.05) is 13.8 Å². The Labute approximate surface area is 174 Å². The molecule has 0 aromatic carbocycles. The van der Waals surface area contributed by atoms with Gasteiger partial charge in [-0.25, -0.2) is 8.42 Å². The Balaban J connectivity index is 0.00000196. The summed E-state index contributed by atoms with van der Waals surface area (Å²) in [7, 11) is -1.23. The van der Waals surface area contributed by atoms with Gasteiger partial charge in [0.15, 0.2) is 15.8 Å². The molecule has 2 saturated carbocycles. The van der Waals surface area contributed by atoms with Crippen LogP contribution in [0.25, 0.3) is 0 Å². The number of halogens is 1. The SMILES string of the molecule is CN=C(NC1C2CCOC2C12CCCC2)N1CCS(=O)(=O)C(C)(C)C1.I. The first kappa shape index (κ1) is 20.6. The smallest absolute Gasteiger partial charge is 0.193 e. The van der Waals surface area contributed by atoms with E-state index >= 15 is 0 Å². The number of guanidine groups is 1. The van der Waals surface area contributed by atoms with Crippen LogP contribution in [-0.2, 0) is 14.6 Å². The third-order valence-corrected chi connectivity index (χ3v) is 9.66. The molecule has 4 aliphatic rings. The lowest BCUT2D eigenvalue weighted by molar-refractivity contribution is -0.125. The van der Waals surface area contributed by atoms with Gasteiger partial charge in [0.2, 0.25) is 0 Å². The average molecular weight is 497 g/mol. The lowest BCUT2D eigenvalue weighted by Crippen LogP contribution is -2.70. The van der Waals surface area contributed by atoms with E-state index in [0.717, 1.165) is 19.0 Å². The van der Waals surface area contributed by atoms with Gasteiger partial charge in [-0.05, 0) is 33.1 Å². The molecule has 0 bridgehead atoms. The number of hydrogen-bond acceptors (Lipinski definition) is 4. The molecule has 1 N–H and O–H groups in total. The number of ether oxygens (including phenoxy) is 1. The van der Waals surface area contributed by atoms with Gasteiger partial charge in [-0.3, -0.25) is 4.99 Å². The van der Waals surface area contributed by atoms with Gasteiger partial charge in [0.1, 0.15) is 0 Å². The number of hydrogen-bond donors (Lipinski definition) is 1. The van der Waals surface area contributed by atoms with Gasteiger partial charge in [0.05, 0.1) is 16.6 Å². The highest BCUT2D eigenvalue weighted by Gasteiger charge is 2.65. The highest BCUT2D eigenvalue weighted by Crippen LogP contribution is 2.60. The minimum Gasteiger partial charge on any atom is -0.377 e. The standard InChI is InChI=1S/C18H31N3O3S.HI/c1-17(2)12-21(9-11-25(17,22)23)16(19-3)20-14-13-6-10-24-15(13)18(14)7-4-5-8-18;/h13-15H,4-12H2,1-3H3,(H,19,20);1H. The van der Waals surface area contributed by atoms with Crippen molar-refractivity contribution in [2.75, 3.05) is 32.5 Å². The van der Waals surface area contributed by atoms with Crippen LogP contribution in [0.4, 0.5) is 0 Å². The van der Waals surface area contributed by atoms with E-state index in [1.54, 1.807) is 7.05 Å². The molecule has 3 unspecified atom stereocenters. The molecule has 8 heteroatoms. The summed E-state index contributed by atoms with van der Waals surface area (Å²) in [6, 6.07) is 0.419. The van der Waals surface area contributed by atoms with Crippen molar-refractivity contribution in [3.8, 4) is 0 Å². The molecule has 2 saturated heterocycles. The minimum absolute atomic E-state index is 0. The second-order valence-electron chi connectivity index (χ2n) is 8.85. The quantitative estimate of drug-likeness (QED) is 0.341. The molecule has 2 aliphatic heterocycles. The summed E-state index contributed by atoms with van der Waals surface area (Å²) >= 11 is 0. The number of fused-ring (bicyclic) bond motifs is 2. The average Bonchev–Trinajstić information content (AvgIpc) is 3.19. The summed E-state index contributed by atoms with van der Waals surface area (Å²) in [5, 5.41) is 3.74. The zero-order valence-corrected chi connectivity index (χ0v) is 19.2. The molecule has 0 aromatic heterocycles. The Morgan fingerprint density at radius 1 is 1.27 bits per heavy atom. The van der Waals surface area contributed by atoms with E-state index in [2.05, 4.69) is 15.2 Å². The van der Waals surface area contributed by atoms with Gasteiger partial charge in [-0.2, -0.15) is 0 Å². The predicted octanol–water partition coefficient (Wildman–Crippen LogP) is 2.04. The van der Waals surface area contributed by atoms with Gasteiger partial charge < -0.3 is 15.0 Å². The van der Waals surface area contributed by atoms with Crippen molar-refractivity contribution in [2.24, 2.45) is 16.3 Å². The van der Waals surface area contributed by atoms with Gasteiger partial charge in [-0.1, -0.05) is 12.8 Å². The number of sulfone groups is 1. The molecule has 4 fully saturated rings. The van der Waals surface area contributed by atoms with Crippen molar-refractivity contribution in [2.45, 2.75) is 62.8 Å². The van der Waals surface area contributed by atoms with Gasteiger partial charge >= 0.3 is 0 Å². The molecule has 3 atom stereocenters. The normalized spacial score (nSPS) is 37.0. The molecule has 0 aromatic rings. The third kappa shape index (κ3) is 2.98. The predicted molar refractivity (Wildman–Crippen MR) is 114 cm³/mol. The summed E-state index contributed by atoms with van der Waals surface area (Å²) < 4.78 is 29.9. The molecule has 2 heterocycles.